The van der Waals surface area contributed by atoms with Gasteiger partial charge in [-0.1, -0.05) is 6.92 Å². The van der Waals surface area contributed by atoms with Gasteiger partial charge in [-0.15, -0.1) is 0 Å². The number of hydrogen-bond acceptors (Lipinski definition) is 4. The first-order valence-corrected chi connectivity index (χ1v) is 6.71. The van der Waals surface area contributed by atoms with Crippen LogP contribution in [0.25, 0.3) is 0 Å². The van der Waals surface area contributed by atoms with Crippen LogP contribution in [0.3, 0.4) is 0 Å². The smallest absolute Gasteiger partial charge is 0.410 e. The highest BCUT2D eigenvalue weighted by molar-refractivity contribution is 5.69. The zero-order valence-corrected chi connectivity index (χ0v) is 11.9. The highest BCUT2D eigenvalue weighted by Crippen LogP contribution is 2.15. The molecule has 1 heterocycles. The largest absolute Gasteiger partial charge is 0.444 e. The predicted octanol–water partition coefficient (Wildman–Crippen LogP) is 1.36. The van der Waals surface area contributed by atoms with E-state index in [1.165, 1.54) is 0 Å². The molecule has 1 atom stereocenters. The Morgan fingerprint density at radius 2 is 2.11 bits per heavy atom. The molecule has 1 saturated heterocycles. The number of ether oxygens (including phenoxy) is 1. The summed E-state index contributed by atoms with van der Waals surface area (Å²) in [5.41, 5.74) is -0.430. The molecule has 18 heavy (non-hydrogen) atoms. The molecule has 1 aliphatic rings. The van der Waals surface area contributed by atoms with Gasteiger partial charge in [0.2, 0.25) is 0 Å². The van der Waals surface area contributed by atoms with Gasteiger partial charge in [-0.25, -0.2) is 4.79 Å². The van der Waals surface area contributed by atoms with Crippen molar-refractivity contribution in [2.24, 2.45) is 0 Å². The van der Waals surface area contributed by atoms with Crippen LogP contribution in [0.4, 0.5) is 4.79 Å². The van der Waals surface area contributed by atoms with Gasteiger partial charge in [0, 0.05) is 19.1 Å². The van der Waals surface area contributed by atoms with E-state index in [0.717, 1.165) is 19.4 Å². The summed E-state index contributed by atoms with van der Waals surface area (Å²) in [6.45, 7) is 9.75. The van der Waals surface area contributed by atoms with E-state index in [-0.39, 0.29) is 12.2 Å². The van der Waals surface area contributed by atoms with Gasteiger partial charge in [-0.2, -0.15) is 0 Å². The Morgan fingerprint density at radius 3 is 2.61 bits per heavy atom. The molecule has 5 nitrogen and oxygen atoms in total. The van der Waals surface area contributed by atoms with Crippen molar-refractivity contribution < 1.29 is 14.6 Å². The maximum absolute atomic E-state index is 11.7. The third-order valence-corrected chi connectivity index (χ3v) is 2.92. The van der Waals surface area contributed by atoms with Crippen LogP contribution in [0, 0.1) is 0 Å². The molecule has 2 N–H and O–H groups in total. The molecule has 0 aromatic carbocycles. The van der Waals surface area contributed by atoms with Crippen molar-refractivity contribution >= 4 is 6.09 Å². The molecule has 106 valence electrons. The molecule has 0 aromatic heterocycles. The van der Waals surface area contributed by atoms with Crippen molar-refractivity contribution in [3.05, 3.63) is 0 Å². The first-order chi connectivity index (χ1) is 8.31. The average molecular weight is 258 g/mol. The maximum atomic E-state index is 11.7. The Bertz CT molecular complexity index is 270. The van der Waals surface area contributed by atoms with Crippen molar-refractivity contribution in [3.8, 4) is 0 Å². The summed E-state index contributed by atoms with van der Waals surface area (Å²) in [4.78, 5) is 13.3. The lowest BCUT2D eigenvalue weighted by Gasteiger charge is -2.40. The second-order valence-electron chi connectivity index (χ2n) is 5.89. The van der Waals surface area contributed by atoms with E-state index in [2.05, 4.69) is 5.32 Å². The molecule has 1 aliphatic heterocycles. The van der Waals surface area contributed by atoms with Crippen LogP contribution in [-0.4, -0.2) is 53.5 Å². The summed E-state index contributed by atoms with van der Waals surface area (Å²) in [7, 11) is 0. The van der Waals surface area contributed by atoms with Crippen LogP contribution in [0.15, 0.2) is 0 Å². The minimum Gasteiger partial charge on any atom is -0.444 e. The zero-order chi connectivity index (χ0) is 13.8. The molecule has 0 bridgehead atoms. The Labute approximate surface area is 109 Å². The van der Waals surface area contributed by atoms with Gasteiger partial charge >= 0.3 is 6.09 Å². The van der Waals surface area contributed by atoms with E-state index in [1.807, 2.05) is 27.7 Å². The standard InChI is InChI=1S/C13H26N2O3/c1-5-11(16)6-7-14-10-8-15(9-10)12(17)18-13(2,3)4/h10-11,14,16H,5-9H2,1-4H3. The first-order valence-electron chi connectivity index (χ1n) is 6.71. The van der Waals surface area contributed by atoms with Crippen LogP contribution in [0.2, 0.25) is 0 Å². The molecule has 0 aromatic rings. The SMILES string of the molecule is CCC(O)CCNC1CN(C(=O)OC(C)(C)C)C1. The number of carbonyl (C=O) groups excluding carboxylic acids is 1. The van der Waals surface area contributed by atoms with Gasteiger partial charge < -0.3 is 20.1 Å². The Hall–Kier alpha value is -0.810. The summed E-state index contributed by atoms with van der Waals surface area (Å²) in [5.74, 6) is 0. The number of amides is 1. The third-order valence-electron chi connectivity index (χ3n) is 2.92. The van der Waals surface area contributed by atoms with E-state index in [1.54, 1.807) is 4.90 Å². The van der Waals surface area contributed by atoms with Crippen LogP contribution < -0.4 is 5.32 Å². The number of aliphatic hydroxyl groups is 1. The minimum absolute atomic E-state index is 0.223. The molecular formula is C13H26N2O3. The molecule has 1 fully saturated rings. The highest BCUT2D eigenvalue weighted by Gasteiger charge is 2.33. The second-order valence-corrected chi connectivity index (χ2v) is 5.89. The number of nitrogens with one attached hydrogen (secondary N) is 1. The van der Waals surface area contributed by atoms with Crippen molar-refractivity contribution in [2.45, 2.75) is 58.3 Å². The van der Waals surface area contributed by atoms with Crippen LogP contribution in [0.5, 0.6) is 0 Å². The fourth-order valence-electron chi connectivity index (χ4n) is 1.74. The van der Waals surface area contributed by atoms with Crippen LogP contribution >= 0.6 is 0 Å². The fraction of sp³-hybridized carbons (Fsp3) is 0.923. The van der Waals surface area contributed by atoms with Crippen molar-refractivity contribution in [3.63, 3.8) is 0 Å². The quantitative estimate of drug-likeness (QED) is 0.781. The molecule has 1 amide bonds. The van der Waals surface area contributed by atoms with Gasteiger partial charge in [0.15, 0.2) is 0 Å². The Balaban J connectivity index is 2.11. The molecule has 1 unspecified atom stereocenters. The number of nitrogens with zero attached hydrogens (tertiary/aromatic N) is 1. The molecular weight excluding hydrogens is 232 g/mol. The molecule has 0 radical (unpaired) electrons. The summed E-state index contributed by atoms with van der Waals surface area (Å²) in [6, 6.07) is 0.335. The van der Waals surface area contributed by atoms with Crippen molar-refractivity contribution in [2.75, 3.05) is 19.6 Å². The van der Waals surface area contributed by atoms with Crippen molar-refractivity contribution in [1.29, 1.82) is 0 Å². The lowest BCUT2D eigenvalue weighted by Crippen LogP contribution is -2.60. The summed E-state index contributed by atoms with van der Waals surface area (Å²) in [5, 5.41) is 12.7. The van der Waals surface area contributed by atoms with E-state index < -0.39 is 5.60 Å². The highest BCUT2D eigenvalue weighted by atomic mass is 16.6. The normalized spacial score (nSPS) is 18.4. The summed E-state index contributed by atoms with van der Waals surface area (Å²) in [6.07, 6.45) is 1.09. The van der Waals surface area contributed by atoms with Crippen LogP contribution in [0.1, 0.15) is 40.5 Å². The third kappa shape index (κ3) is 5.23. The average Bonchev–Trinajstić information content (AvgIpc) is 2.17. The van der Waals surface area contributed by atoms with E-state index in [4.69, 9.17) is 4.74 Å². The van der Waals surface area contributed by atoms with Gasteiger partial charge in [0.05, 0.1) is 6.10 Å². The fourth-order valence-corrected chi connectivity index (χ4v) is 1.74. The summed E-state index contributed by atoms with van der Waals surface area (Å²) < 4.78 is 5.27. The Morgan fingerprint density at radius 1 is 1.50 bits per heavy atom. The van der Waals surface area contributed by atoms with Gasteiger partial charge in [0.1, 0.15) is 5.60 Å². The molecule has 0 aliphatic carbocycles. The molecule has 5 heteroatoms. The van der Waals surface area contributed by atoms with Gasteiger partial charge in [0.25, 0.3) is 0 Å². The lowest BCUT2D eigenvalue weighted by molar-refractivity contribution is 0.00498. The topological polar surface area (TPSA) is 61.8 Å². The maximum Gasteiger partial charge on any atom is 0.410 e. The van der Waals surface area contributed by atoms with Crippen LogP contribution in [-0.2, 0) is 4.74 Å². The molecule has 0 saturated carbocycles. The van der Waals surface area contributed by atoms with E-state index in [0.29, 0.717) is 19.1 Å². The van der Waals surface area contributed by atoms with Gasteiger partial charge in [-0.05, 0) is 40.2 Å². The monoisotopic (exact) mass is 258 g/mol. The number of carbonyl (C=O) groups is 1. The summed E-state index contributed by atoms with van der Waals surface area (Å²) >= 11 is 0. The second kappa shape index (κ2) is 6.38. The Kier molecular flexibility index (Phi) is 5.41. The number of likely N-dealkylation sites (tertiary alicyclic amines) is 1. The lowest BCUT2D eigenvalue weighted by atomic mass is 10.1. The molecule has 1 rings (SSSR count). The first kappa shape index (κ1) is 15.2. The number of aliphatic hydroxyl groups excluding tert-OH is 1. The van der Waals surface area contributed by atoms with E-state index in [9.17, 15) is 9.90 Å². The zero-order valence-electron chi connectivity index (χ0n) is 11.9. The minimum atomic E-state index is -0.430. The van der Waals surface area contributed by atoms with Gasteiger partial charge in [-0.3, -0.25) is 0 Å². The molecule has 0 spiro atoms. The predicted molar refractivity (Wildman–Crippen MR) is 70.5 cm³/mol. The van der Waals surface area contributed by atoms with Crippen molar-refractivity contribution in [1.82, 2.24) is 10.2 Å². The number of rotatable bonds is 5. The number of hydrogen-bond donors (Lipinski definition) is 2. The van der Waals surface area contributed by atoms with E-state index >= 15 is 0 Å².